The van der Waals surface area contributed by atoms with Crippen LogP contribution in [0.5, 0.6) is 0 Å². The number of anilines is 2. The molecule has 0 atom stereocenters. The van der Waals surface area contributed by atoms with Gasteiger partial charge >= 0.3 is 0 Å². The molecule has 2 heterocycles. The molecule has 0 amide bonds. The maximum absolute atomic E-state index is 11.3. The minimum atomic E-state index is -0.236. The summed E-state index contributed by atoms with van der Waals surface area (Å²) in [7, 11) is 0. The highest BCUT2D eigenvalue weighted by Crippen LogP contribution is 2.19. The van der Waals surface area contributed by atoms with E-state index in [1.165, 1.54) is 17.8 Å². The van der Waals surface area contributed by atoms with E-state index in [1.54, 1.807) is 6.20 Å². The van der Waals surface area contributed by atoms with Gasteiger partial charge in [0.05, 0.1) is 0 Å². The fourth-order valence-corrected chi connectivity index (χ4v) is 2.41. The number of thioether (sulfide) groups is 1. The van der Waals surface area contributed by atoms with E-state index in [0.29, 0.717) is 10.9 Å². The maximum Gasteiger partial charge on any atom is 0.253 e. The summed E-state index contributed by atoms with van der Waals surface area (Å²) in [5.74, 6) is 1.78. The highest BCUT2D eigenvalue weighted by molar-refractivity contribution is 7.98. The third kappa shape index (κ3) is 4.27. The van der Waals surface area contributed by atoms with E-state index in [1.807, 2.05) is 12.1 Å². The van der Waals surface area contributed by atoms with Crippen LogP contribution in [0, 0.1) is 0 Å². The molecule has 0 radical (unpaired) electrons. The van der Waals surface area contributed by atoms with E-state index >= 15 is 0 Å². The Hall–Kier alpha value is -2.02. The van der Waals surface area contributed by atoms with Gasteiger partial charge in [0.1, 0.15) is 11.6 Å². The molecule has 0 fully saturated rings. The van der Waals surface area contributed by atoms with Gasteiger partial charge in [-0.15, -0.1) is 0 Å². The Morgan fingerprint density at radius 1 is 1.45 bits per heavy atom. The van der Waals surface area contributed by atoms with Gasteiger partial charge in [0.2, 0.25) is 0 Å². The number of nitrogens with one attached hydrogen (secondary N) is 2. The van der Waals surface area contributed by atoms with Crippen LogP contribution in [0.2, 0.25) is 0 Å². The average molecular weight is 291 g/mol. The summed E-state index contributed by atoms with van der Waals surface area (Å²) < 4.78 is 0. The van der Waals surface area contributed by atoms with Crippen molar-refractivity contribution in [2.75, 3.05) is 17.6 Å². The number of nitrogens with two attached hydrogens (primary N) is 1. The Bertz CT molecular complexity index is 628. The summed E-state index contributed by atoms with van der Waals surface area (Å²) in [6, 6.07) is 5.20. The molecule has 0 unspecified atom stereocenters. The molecule has 7 heteroatoms. The standard InChI is InChI=1S/C13H17N5OS/c1-2-4-15-11-6-9(3-5-16-11)8-20-13-17-10(14)7-12(19)18-13/h3,5-7H,2,4,8H2,1H3,(H,15,16)(H3,14,17,18,19). The molecule has 20 heavy (non-hydrogen) atoms. The predicted molar refractivity (Wildman–Crippen MR) is 81.8 cm³/mol. The average Bonchev–Trinajstić information content (AvgIpc) is 2.42. The molecule has 2 aromatic rings. The Labute approximate surface area is 121 Å². The van der Waals surface area contributed by atoms with Crippen LogP contribution in [-0.2, 0) is 5.75 Å². The van der Waals surface area contributed by atoms with E-state index in [4.69, 9.17) is 5.73 Å². The lowest BCUT2D eigenvalue weighted by Crippen LogP contribution is -2.09. The van der Waals surface area contributed by atoms with Crippen LogP contribution in [0.4, 0.5) is 11.6 Å². The highest BCUT2D eigenvalue weighted by atomic mass is 32.2. The quantitative estimate of drug-likeness (QED) is 0.555. The molecule has 4 N–H and O–H groups in total. The lowest BCUT2D eigenvalue weighted by atomic mass is 10.3. The van der Waals surface area contributed by atoms with Crippen molar-refractivity contribution in [1.29, 1.82) is 0 Å². The molecule has 106 valence electrons. The van der Waals surface area contributed by atoms with Crippen LogP contribution in [0.15, 0.2) is 34.3 Å². The van der Waals surface area contributed by atoms with Gasteiger partial charge in [0.15, 0.2) is 5.16 Å². The van der Waals surface area contributed by atoms with Crippen LogP contribution >= 0.6 is 11.8 Å². The Morgan fingerprint density at radius 2 is 2.30 bits per heavy atom. The van der Waals surface area contributed by atoms with Gasteiger partial charge in [-0.1, -0.05) is 18.7 Å². The van der Waals surface area contributed by atoms with Gasteiger partial charge in [-0.25, -0.2) is 9.97 Å². The van der Waals surface area contributed by atoms with Gasteiger partial charge in [0, 0.05) is 24.6 Å². The van der Waals surface area contributed by atoms with Crippen molar-refractivity contribution >= 4 is 23.4 Å². The number of pyridine rings is 1. The van der Waals surface area contributed by atoms with E-state index in [2.05, 4.69) is 27.2 Å². The normalized spacial score (nSPS) is 10.4. The number of nitrogen functional groups attached to an aromatic ring is 1. The predicted octanol–water partition coefficient (Wildman–Crippen LogP) is 1.86. The van der Waals surface area contributed by atoms with Crippen LogP contribution in [0.1, 0.15) is 18.9 Å². The fourth-order valence-electron chi connectivity index (χ4n) is 1.59. The van der Waals surface area contributed by atoms with Crippen molar-refractivity contribution in [3.8, 4) is 0 Å². The van der Waals surface area contributed by atoms with E-state index in [-0.39, 0.29) is 11.4 Å². The van der Waals surface area contributed by atoms with Gasteiger partial charge in [-0.05, 0) is 24.1 Å². The van der Waals surface area contributed by atoms with E-state index in [9.17, 15) is 4.79 Å². The van der Waals surface area contributed by atoms with Crippen molar-refractivity contribution in [1.82, 2.24) is 15.0 Å². The molecule has 0 aliphatic carbocycles. The largest absolute Gasteiger partial charge is 0.383 e. The number of H-pyrrole nitrogens is 1. The van der Waals surface area contributed by atoms with Crippen molar-refractivity contribution in [2.24, 2.45) is 0 Å². The van der Waals surface area contributed by atoms with E-state index in [0.717, 1.165) is 24.3 Å². The van der Waals surface area contributed by atoms with Crippen LogP contribution in [0.25, 0.3) is 0 Å². The molecule has 2 aromatic heterocycles. The summed E-state index contributed by atoms with van der Waals surface area (Å²) in [5.41, 5.74) is 6.41. The summed E-state index contributed by atoms with van der Waals surface area (Å²) >= 11 is 1.43. The molecule has 0 saturated carbocycles. The molecule has 0 spiro atoms. The fraction of sp³-hybridized carbons (Fsp3) is 0.308. The highest BCUT2D eigenvalue weighted by Gasteiger charge is 2.02. The van der Waals surface area contributed by atoms with Gasteiger partial charge in [-0.2, -0.15) is 0 Å². The minimum Gasteiger partial charge on any atom is -0.383 e. The second kappa shape index (κ2) is 6.95. The zero-order valence-corrected chi connectivity index (χ0v) is 12.0. The number of aromatic amines is 1. The van der Waals surface area contributed by atoms with Crippen LogP contribution in [0.3, 0.4) is 0 Å². The first-order chi connectivity index (χ1) is 9.67. The summed E-state index contributed by atoms with van der Waals surface area (Å²) in [6.07, 6.45) is 2.82. The summed E-state index contributed by atoms with van der Waals surface area (Å²) in [5, 5.41) is 3.76. The van der Waals surface area contributed by atoms with Gasteiger partial charge < -0.3 is 16.0 Å². The first kappa shape index (κ1) is 14.4. The molecule has 0 bridgehead atoms. The third-order valence-corrected chi connectivity index (χ3v) is 3.44. The molecule has 0 aliphatic heterocycles. The van der Waals surface area contributed by atoms with Crippen LogP contribution in [-0.4, -0.2) is 21.5 Å². The number of aromatic nitrogens is 3. The zero-order chi connectivity index (χ0) is 14.4. The smallest absolute Gasteiger partial charge is 0.253 e. The molecule has 0 aliphatic rings. The van der Waals surface area contributed by atoms with E-state index < -0.39 is 0 Å². The first-order valence-corrected chi connectivity index (χ1v) is 7.34. The lowest BCUT2D eigenvalue weighted by Gasteiger charge is -2.06. The molecular formula is C13H17N5OS. The number of hydrogen-bond donors (Lipinski definition) is 3. The number of nitrogens with zero attached hydrogens (tertiary/aromatic N) is 2. The number of hydrogen-bond acceptors (Lipinski definition) is 6. The number of rotatable bonds is 6. The zero-order valence-electron chi connectivity index (χ0n) is 11.2. The maximum atomic E-state index is 11.3. The molecule has 0 saturated heterocycles. The van der Waals surface area contributed by atoms with Crippen molar-refractivity contribution in [2.45, 2.75) is 24.3 Å². The Morgan fingerprint density at radius 3 is 3.05 bits per heavy atom. The molecule has 2 rings (SSSR count). The minimum absolute atomic E-state index is 0.233. The SMILES string of the molecule is CCCNc1cc(CSc2nc(N)cc(=O)[nH]2)ccn1. The van der Waals surface area contributed by atoms with Crippen molar-refractivity contribution in [3.63, 3.8) is 0 Å². The molecule has 6 nitrogen and oxygen atoms in total. The third-order valence-electron chi connectivity index (χ3n) is 2.50. The van der Waals surface area contributed by atoms with Crippen LogP contribution < -0.4 is 16.6 Å². The molecule has 0 aromatic carbocycles. The van der Waals surface area contributed by atoms with Gasteiger partial charge in [0.25, 0.3) is 5.56 Å². The van der Waals surface area contributed by atoms with Gasteiger partial charge in [-0.3, -0.25) is 4.79 Å². The molecular weight excluding hydrogens is 274 g/mol. The Kier molecular flexibility index (Phi) is 5.00. The first-order valence-electron chi connectivity index (χ1n) is 6.36. The van der Waals surface area contributed by atoms with Crippen molar-refractivity contribution < 1.29 is 0 Å². The second-order valence-electron chi connectivity index (χ2n) is 4.24. The van der Waals surface area contributed by atoms with Crippen molar-refractivity contribution in [3.05, 3.63) is 40.3 Å². The summed E-state index contributed by atoms with van der Waals surface area (Å²) in [4.78, 5) is 22.3. The monoisotopic (exact) mass is 291 g/mol. The topological polar surface area (TPSA) is 96.7 Å². The summed E-state index contributed by atoms with van der Waals surface area (Å²) in [6.45, 7) is 3.00. The second-order valence-corrected chi connectivity index (χ2v) is 5.20. The Balaban J connectivity index is 2.01. The lowest BCUT2D eigenvalue weighted by molar-refractivity contribution is 0.944.